The third-order valence-electron chi connectivity index (χ3n) is 5.88. The number of aryl methyl sites for hydroxylation is 1. The highest BCUT2D eigenvalue weighted by molar-refractivity contribution is 8.93. The van der Waals surface area contributed by atoms with Gasteiger partial charge in [-0.25, -0.2) is 4.98 Å². The summed E-state index contributed by atoms with van der Waals surface area (Å²) in [6.07, 6.45) is 2.56. The molecular weight excluding hydrogens is 496 g/mol. The molecule has 0 amide bonds. The van der Waals surface area contributed by atoms with Crippen LogP contribution in [0.25, 0.3) is 0 Å². The maximum atomic E-state index is 13.3. The Kier molecular flexibility index (Phi) is 9.64. The Hall–Kier alpha value is -2.45. The number of hydrogen-bond donors (Lipinski definition) is 2. The number of aromatic nitrogens is 1. The van der Waals surface area contributed by atoms with Crippen LogP contribution in [-0.4, -0.2) is 48.3 Å². The molecule has 0 unspecified atom stereocenters. The number of rotatable bonds is 10. The van der Waals surface area contributed by atoms with Gasteiger partial charge in [-0.2, -0.15) is 0 Å². The molecule has 2 heterocycles. The van der Waals surface area contributed by atoms with Gasteiger partial charge in [-0.15, -0.1) is 17.0 Å². The first kappa shape index (κ1) is 27.8. The van der Waals surface area contributed by atoms with Gasteiger partial charge >= 0.3 is 0 Å². The molecule has 0 fully saturated rings. The minimum atomic E-state index is -0.246. The van der Waals surface area contributed by atoms with Crippen LogP contribution in [0.15, 0.2) is 24.3 Å². The van der Waals surface area contributed by atoms with Gasteiger partial charge in [0.2, 0.25) is 0 Å². The van der Waals surface area contributed by atoms with Gasteiger partial charge < -0.3 is 20.1 Å². The lowest BCUT2D eigenvalue weighted by Gasteiger charge is -2.26. The number of methoxy groups -OCH3 is 1. The van der Waals surface area contributed by atoms with Crippen molar-refractivity contribution in [2.45, 2.75) is 58.9 Å². The number of carbonyl (C=O) groups is 1. The fourth-order valence-corrected chi connectivity index (χ4v) is 3.93. The number of benzene rings is 1. The van der Waals surface area contributed by atoms with Crippen LogP contribution < -0.4 is 15.2 Å². The lowest BCUT2D eigenvalue weighted by atomic mass is 9.84. The number of hydrogen-bond acceptors (Lipinski definition) is 6. The maximum Gasteiger partial charge on any atom is 0.182 e. The van der Waals surface area contributed by atoms with Crippen LogP contribution in [0.5, 0.6) is 11.5 Å². The van der Waals surface area contributed by atoms with Gasteiger partial charge in [-0.1, -0.05) is 33.8 Å². The van der Waals surface area contributed by atoms with Crippen LogP contribution in [0, 0.1) is 5.41 Å². The van der Waals surface area contributed by atoms with Crippen LogP contribution in [0.4, 0.5) is 0 Å². The van der Waals surface area contributed by atoms with Crippen molar-refractivity contribution in [3.63, 3.8) is 0 Å². The predicted molar refractivity (Wildman–Crippen MR) is 141 cm³/mol. The summed E-state index contributed by atoms with van der Waals surface area (Å²) in [6.45, 7) is 10.1. The molecule has 1 aliphatic heterocycles. The molecule has 0 saturated carbocycles. The number of ether oxygens (including phenoxy) is 2. The van der Waals surface area contributed by atoms with Crippen LogP contribution in [0.1, 0.15) is 73.4 Å². The van der Waals surface area contributed by atoms with Gasteiger partial charge in [0.05, 0.1) is 20.3 Å². The summed E-state index contributed by atoms with van der Waals surface area (Å²) in [5.74, 6) is 1.46. The highest BCUT2D eigenvalue weighted by Crippen LogP contribution is 2.40. The molecule has 0 aliphatic carbocycles. The summed E-state index contributed by atoms with van der Waals surface area (Å²) in [7, 11) is 1.59. The van der Waals surface area contributed by atoms with E-state index in [9.17, 15) is 4.79 Å². The molecule has 0 spiro atoms. The van der Waals surface area contributed by atoms with Crippen molar-refractivity contribution in [3.05, 3.63) is 52.3 Å². The Balaban J connectivity index is 0.00000408. The Labute approximate surface area is 213 Å². The highest BCUT2D eigenvalue weighted by atomic mass is 79.9. The molecular formula is C26H37BrN4O3. The fourth-order valence-electron chi connectivity index (χ4n) is 3.93. The number of Topliss-reactive ketones (excluding diaryl/α,β-unsaturated/α-hetero) is 1. The standard InChI is InChI=1S/C26H36N4O3.BrH/c1-6-19-10-9-17-15-30(25(28)23(17)29-19)16-21(31)18-13-20(26(2,3)4)24(22(14-18)32-5)33-12-8-7-11-27;/h9-10,13-14,28H,6-8,11-12,15-16,27H2,1-5H3;1H. The maximum absolute atomic E-state index is 13.3. The molecule has 0 radical (unpaired) electrons. The molecule has 2 aromatic rings. The Bertz CT molecular complexity index is 1030. The first-order valence-corrected chi connectivity index (χ1v) is 11.6. The van der Waals surface area contributed by atoms with E-state index in [0.29, 0.717) is 48.3 Å². The van der Waals surface area contributed by atoms with E-state index in [1.165, 1.54) is 0 Å². The summed E-state index contributed by atoms with van der Waals surface area (Å²) >= 11 is 0. The van der Waals surface area contributed by atoms with Crippen LogP contribution in [0.3, 0.4) is 0 Å². The SMILES string of the molecule is Br.CCc1ccc2c(n1)C(=N)N(CC(=O)c1cc(OC)c(OCCCCN)c(C(C)(C)C)c1)C2. The second-order valence-corrected chi connectivity index (χ2v) is 9.44. The van der Waals surface area contributed by atoms with E-state index in [0.717, 1.165) is 36.1 Å². The number of unbranched alkanes of at least 4 members (excludes halogenated alkanes) is 1. The zero-order chi connectivity index (χ0) is 24.2. The van der Waals surface area contributed by atoms with Gasteiger partial charge in [0, 0.05) is 28.9 Å². The van der Waals surface area contributed by atoms with E-state index in [4.69, 9.17) is 20.6 Å². The molecule has 8 heteroatoms. The topological polar surface area (TPSA) is 102 Å². The number of pyridine rings is 1. The van der Waals surface area contributed by atoms with Crippen molar-refractivity contribution in [3.8, 4) is 11.5 Å². The van der Waals surface area contributed by atoms with Gasteiger partial charge in [0.15, 0.2) is 17.3 Å². The number of halogens is 1. The van der Waals surface area contributed by atoms with Crippen molar-refractivity contribution in [1.29, 1.82) is 5.41 Å². The summed E-state index contributed by atoms with van der Waals surface area (Å²) in [4.78, 5) is 19.7. The number of nitrogens with zero attached hydrogens (tertiary/aromatic N) is 2. The smallest absolute Gasteiger partial charge is 0.182 e. The molecule has 0 atom stereocenters. The molecule has 7 nitrogen and oxygen atoms in total. The summed E-state index contributed by atoms with van der Waals surface area (Å²) in [5, 5.41) is 8.54. The average molecular weight is 534 g/mol. The second kappa shape index (κ2) is 11.8. The van der Waals surface area contributed by atoms with Gasteiger partial charge in [0.25, 0.3) is 0 Å². The monoisotopic (exact) mass is 532 g/mol. The van der Waals surface area contributed by atoms with Crippen LogP contribution in [-0.2, 0) is 18.4 Å². The third-order valence-corrected chi connectivity index (χ3v) is 5.88. The molecule has 3 N–H and O–H groups in total. The zero-order valence-electron chi connectivity index (χ0n) is 20.9. The molecule has 3 rings (SSSR count). The highest BCUT2D eigenvalue weighted by Gasteiger charge is 2.29. The molecule has 0 bridgehead atoms. The van der Waals surface area contributed by atoms with Crippen molar-refractivity contribution >= 4 is 28.6 Å². The van der Waals surface area contributed by atoms with Crippen LogP contribution >= 0.6 is 17.0 Å². The number of nitrogens with two attached hydrogens (primary N) is 1. The van der Waals surface area contributed by atoms with E-state index < -0.39 is 0 Å². The minimum absolute atomic E-state index is 0. The fraction of sp³-hybridized carbons (Fsp3) is 0.500. The Morgan fingerprint density at radius 2 is 1.97 bits per heavy atom. The van der Waals surface area contributed by atoms with Gasteiger partial charge in [-0.3, -0.25) is 10.2 Å². The lowest BCUT2D eigenvalue weighted by Crippen LogP contribution is -2.30. The van der Waals surface area contributed by atoms with E-state index in [2.05, 4.69) is 25.8 Å². The number of carbonyl (C=O) groups excluding carboxylic acids is 1. The van der Waals surface area contributed by atoms with E-state index in [-0.39, 0.29) is 34.7 Å². The normalized spacial score (nSPS) is 12.9. The van der Waals surface area contributed by atoms with Gasteiger partial charge in [-0.05, 0) is 49.4 Å². The first-order chi connectivity index (χ1) is 15.7. The van der Waals surface area contributed by atoms with E-state index >= 15 is 0 Å². The summed E-state index contributed by atoms with van der Waals surface area (Å²) in [5.41, 5.74) is 9.44. The van der Waals surface area contributed by atoms with E-state index in [1.807, 2.05) is 25.1 Å². The number of amidine groups is 1. The van der Waals surface area contributed by atoms with E-state index in [1.54, 1.807) is 18.1 Å². The predicted octanol–water partition coefficient (Wildman–Crippen LogP) is 4.67. The zero-order valence-corrected chi connectivity index (χ0v) is 22.6. The lowest BCUT2D eigenvalue weighted by molar-refractivity contribution is 0.0962. The van der Waals surface area contributed by atoms with Crippen molar-refractivity contribution in [1.82, 2.24) is 9.88 Å². The number of nitrogens with one attached hydrogen (secondary N) is 1. The molecule has 0 saturated heterocycles. The summed E-state index contributed by atoms with van der Waals surface area (Å²) < 4.78 is 11.7. The molecule has 1 aromatic carbocycles. The van der Waals surface area contributed by atoms with Crippen molar-refractivity contribution < 1.29 is 14.3 Å². The third kappa shape index (κ3) is 6.16. The number of ketones is 1. The molecule has 186 valence electrons. The average Bonchev–Trinajstić information content (AvgIpc) is 3.10. The quantitative estimate of drug-likeness (QED) is 0.340. The van der Waals surface area contributed by atoms with Crippen molar-refractivity contribution in [2.75, 3.05) is 26.8 Å². The largest absolute Gasteiger partial charge is 0.493 e. The van der Waals surface area contributed by atoms with Gasteiger partial charge in [0.1, 0.15) is 11.5 Å². The minimum Gasteiger partial charge on any atom is -0.493 e. The second-order valence-electron chi connectivity index (χ2n) is 9.44. The van der Waals surface area contributed by atoms with Crippen molar-refractivity contribution in [2.24, 2.45) is 5.73 Å². The molecule has 1 aromatic heterocycles. The van der Waals surface area contributed by atoms with Crippen LogP contribution in [0.2, 0.25) is 0 Å². The Morgan fingerprint density at radius 1 is 1.24 bits per heavy atom. The summed E-state index contributed by atoms with van der Waals surface area (Å²) in [6, 6.07) is 7.65. The molecule has 1 aliphatic rings. The molecule has 34 heavy (non-hydrogen) atoms. The first-order valence-electron chi connectivity index (χ1n) is 11.6. The number of fused-ring (bicyclic) bond motifs is 1. The Morgan fingerprint density at radius 3 is 2.59 bits per heavy atom.